The number of carbonyl (C=O) groups is 1. The summed E-state index contributed by atoms with van der Waals surface area (Å²) in [7, 11) is 1.85. The van der Waals surface area contributed by atoms with Gasteiger partial charge in [0, 0.05) is 55.4 Å². The van der Waals surface area contributed by atoms with Gasteiger partial charge in [0.1, 0.15) is 0 Å². The first-order chi connectivity index (χ1) is 22.3. The number of benzene rings is 3. The number of fused-ring (bicyclic) bond motifs is 1. The van der Waals surface area contributed by atoms with Crippen molar-refractivity contribution in [2.45, 2.75) is 37.8 Å². The van der Waals surface area contributed by atoms with Gasteiger partial charge in [-0.25, -0.2) is 4.98 Å². The molecule has 1 fully saturated rings. The Kier molecular flexibility index (Phi) is 10.4. The highest BCUT2D eigenvalue weighted by atomic mass is 35.5. The fourth-order valence-electron chi connectivity index (χ4n) is 6.18. The molecule has 1 amide bonds. The number of pyridine rings is 1. The van der Waals surface area contributed by atoms with E-state index >= 15 is 0 Å². The highest BCUT2D eigenvalue weighted by Crippen LogP contribution is 2.30. The molecule has 3 heterocycles. The number of amides is 1. The normalized spacial score (nSPS) is 14.8. The molecular weight excluding hydrogens is 639 g/mol. The maximum Gasteiger partial charge on any atom is 0.253 e. The first kappa shape index (κ1) is 32.3. The SMILES string of the molecule is CN(CC(CCN1CCC(Nc2nc3ccccc3n2Cc2ccccn2)CC1)c1ccc(Cl)c(Cl)c1)C(=O)c1ccc(Cl)cc1. The minimum absolute atomic E-state index is 0.0392. The zero-order chi connectivity index (χ0) is 32.0. The lowest BCUT2D eigenvalue weighted by Crippen LogP contribution is -2.40. The molecule has 6 rings (SSSR count). The summed E-state index contributed by atoms with van der Waals surface area (Å²) in [5.41, 5.74) is 4.77. The van der Waals surface area contributed by atoms with Crippen LogP contribution in [0, 0.1) is 0 Å². The molecule has 0 saturated carbocycles. The molecule has 1 unspecified atom stereocenters. The van der Waals surface area contributed by atoms with Gasteiger partial charge in [0.2, 0.25) is 5.95 Å². The number of rotatable bonds is 11. The van der Waals surface area contributed by atoms with Crippen LogP contribution in [-0.2, 0) is 6.54 Å². The minimum atomic E-state index is -0.0392. The summed E-state index contributed by atoms with van der Waals surface area (Å²) in [6, 6.07) is 27.4. The fraction of sp³-hybridized carbons (Fsp3) is 0.306. The molecule has 7 nitrogen and oxygen atoms in total. The van der Waals surface area contributed by atoms with Crippen LogP contribution >= 0.6 is 34.8 Å². The van der Waals surface area contributed by atoms with Crippen molar-refractivity contribution in [1.82, 2.24) is 24.3 Å². The predicted octanol–water partition coefficient (Wildman–Crippen LogP) is 8.26. The van der Waals surface area contributed by atoms with Crippen LogP contribution in [0.3, 0.4) is 0 Å². The van der Waals surface area contributed by atoms with Gasteiger partial charge in [0.25, 0.3) is 5.91 Å². The van der Waals surface area contributed by atoms with Crippen LogP contribution in [0.5, 0.6) is 0 Å². The smallest absolute Gasteiger partial charge is 0.253 e. The molecular formula is C36H37Cl3N6O. The van der Waals surface area contributed by atoms with Crippen LogP contribution in [0.25, 0.3) is 11.0 Å². The number of likely N-dealkylation sites (tertiary alicyclic amines) is 1. The number of anilines is 1. The molecule has 1 N–H and O–H groups in total. The lowest BCUT2D eigenvalue weighted by atomic mass is 9.94. The molecule has 0 radical (unpaired) electrons. The Bertz CT molecular complexity index is 1770. The molecule has 3 aromatic carbocycles. The summed E-state index contributed by atoms with van der Waals surface area (Å²) in [4.78, 5) is 27.0. The van der Waals surface area contributed by atoms with Gasteiger partial charge < -0.3 is 19.7 Å². The first-order valence-corrected chi connectivity index (χ1v) is 16.8. The van der Waals surface area contributed by atoms with Gasteiger partial charge in [0.15, 0.2) is 0 Å². The number of halogens is 3. The Morgan fingerprint density at radius 2 is 1.72 bits per heavy atom. The van der Waals surface area contributed by atoms with Crippen LogP contribution in [-0.4, -0.2) is 69.5 Å². The molecule has 1 saturated heterocycles. The van der Waals surface area contributed by atoms with Crippen molar-refractivity contribution in [1.29, 1.82) is 0 Å². The van der Waals surface area contributed by atoms with Gasteiger partial charge in [-0.05, 0) is 92.0 Å². The van der Waals surface area contributed by atoms with E-state index in [2.05, 4.69) is 38.0 Å². The molecule has 238 valence electrons. The van der Waals surface area contributed by atoms with E-state index < -0.39 is 0 Å². The average molecular weight is 676 g/mol. The number of imidazole rings is 1. The standard InChI is InChI=1S/C36H37Cl3N6O/c1-43(35(46)25-9-12-28(37)13-10-25)23-27(26-11-14-31(38)32(39)22-26)15-19-44-20-16-29(17-21-44)41-36-42-33-7-2-3-8-34(33)45(36)24-30-6-4-5-18-40-30/h2-14,18,22,27,29H,15-17,19-21,23-24H2,1H3,(H,41,42). The second-order valence-corrected chi connectivity index (χ2v) is 13.2. The van der Waals surface area contributed by atoms with E-state index in [0.29, 0.717) is 39.8 Å². The number of nitrogens with zero attached hydrogens (tertiary/aromatic N) is 5. The molecule has 10 heteroatoms. The Morgan fingerprint density at radius 1 is 0.957 bits per heavy atom. The van der Waals surface area contributed by atoms with Crippen molar-refractivity contribution < 1.29 is 4.79 Å². The number of aromatic nitrogens is 3. The summed E-state index contributed by atoms with van der Waals surface area (Å²) in [6.07, 6.45) is 4.74. The monoisotopic (exact) mass is 674 g/mol. The fourth-order valence-corrected chi connectivity index (χ4v) is 6.61. The third-order valence-corrected chi connectivity index (χ3v) is 9.75. The molecule has 2 aromatic heterocycles. The summed E-state index contributed by atoms with van der Waals surface area (Å²) >= 11 is 18.7. The molecule has 1 atom stereocenters. The second-order valence-electron chi connectivity index (χ2n) is 11.9. The Balaban J connectivity index is 1.09. The number of likely N-dealkylation sites (N-methyl/N-ethyl adjacent to an activating group) is 1. The number of hydrogen-bond acceptors (Lipinski definition) is 5. The lowest BCUT2D eigenvalue weighted by Gasteiger charge is -2.34. The third-order valence-electron chi connectivity index (χ3n) is 8.76. The maximum atomic E-state index is 13.2. The van der Waals surface area contributed by atoms with Crippen molar-refractivity contribution >= 4 is 57.7 Å². The summed E-state index contributed by atoms with van der Waals surface area (Å²) in [6.45, 7) is 4.09. The van der Waals surface area contributed by atoms with Crippen LogP contribution in [0.1, 0.15) is 46.8 Å². The van der Waals surface area contributed by atoms with Crippen LogP contribution < -0.4 is 5.32 Å². The Labute approximate surface area is 285 Å². The van der Waals surface area contributed by atoms with Gasteiger partial charge in [-0.15, -0.1) is 0 Å². The third kappa shape index (κ3) is 7.84. The van der Waals surface area contributed by atoms with Gasteiger partial charge in [-0.3, -0.25) is 9.78 Å². The Morgan fingerprint density at radius 3 is 2.46 bits per heavy atom. The van der Waals surface area contributed by atoms with Crippen molar-refractivity contribution in [3.05, 3.63) is 123 Å². The summed E-state index contributed by atoms with van der Waals surface area (Å²) in [5, 5.41) is 5.41. The number of hydrogen-bond donors (Lipinski definition) is 1. The number of carbonyl (C=O) groups excluding carboxylic acids is 1. The van der Waals surface area contributed by atoms with Crippen LogP contribution in [0.4, 0.5) is 5.95 Å². The molecule has 5 aromatic rings. The Hall–Kier alpha value is -3.62. The van der Waals surface area contributed by atoms with Crippen LogP contribution in [0.15, 0.2) is 91.1 Å². The van der Waals surface area contributed by atoms with Gasteiger partial charge >= 0.3 is 0 Å². The lowest BCUT2D eigenvalue weighted by molar-refractivity contribution is 0.0782. The van der Waals surface area contributed by atoms with E-state index in [-0.39, 0.29) is 11.8 Å². The van der Waals surface area contributed by atoms with E-state index in [9.17, 15) is 4.79 Å². The predicted molar refractivity (Wildman–Crippen MR) is 188 cm³/mol. The molecule has 0 spiro atoms. The van der Waals surface area contributed by atoms with Crippen molar-refractivity contribution in [3.8, 4) is 0 Å². The summed E-state index contributed by atoms with van der Waals surface area (Å²) in [5.74, 6) is 0.944. The van der Waals surface area contributed by atoms with E-state index in [0.717, 1.165) is 67.1 Å². The number of nitrogens with one attached hydrogen (secondary N) is 1. The van der Waals surface area contributed by atoms with E-state index in [1.807, 2.05) is 55.7 Å². The second kappa shape index (κ2) is 14.9. The molecule has 1 aliphatic rings. The van der Waals surface area contributed by atoms with Crippen molar-refractivity contribution in [2.24, 2.45) is 0 Å². The van der Waals surface area contributed by atoms with Gasteiger partial charge in [-0.1, -0.05) is 59.1 Å². The van der Waals surface area contributed by atoms with E-state index in [4.69, 9.17) is 39.8 Å². The highest BCUT2D eigenvalue weighted by molar-refractivity contribution is 6.42. The zero-order valence-corrected chi connectivity index (χ0v) is 28.0. The topological polar surface area (TPSA) is 66.3 Å². The molecule has 0 bridgehead atoms. The quantitative estimate of drug-likeness (QED) is 0.153. The first-order valence-electron chi connectivity index (χ1n) is 15.6. The summed E-state index contributed by atoms with van der Waals surface area (Å²) < 4.78 is 2.23. The van der Waals surface area contributed by atoms with Crippen molar-refractivity contribution in [3.63, 3.8) is 0 Å². The number of para-hydroxylation sites is 2. The minimum Gasteiger partial charge on any atom is -0.353 e. The van der Waals surface area contributed by atoms with Crippen molar-refractivity contribution in [2.75, 3.05) is 38.5 Å². The maximum absolute atomic E-state index is 13.2. The molecule has 1 aliphatic heterocycles. The van der Waals surface area contributed by atoms with Gasteiger partial charge in [0.05, 0.1) is 33.3 Å². The zero-order valence-electron chi connectivity index (χ0n) is 25.8. The van der Waals surface area contributed by atoms with Crippen LogP contribution in [0.2, 0.25) is 15.1 Å². The molecule has 46 heavy (non-hydrogen) atoms. The van der Waals surface area contributed by atoms with E-state index in [1.54, 1.807) is 29.2 Å². The largest absolute Gasteiger partial charge is 0.353 e. The highest BCUT2D eigenvalue weighted by Gasteiger charge is 2.24. The van der Waals surface area contributed by atoms with E-state index in [1.165, 1.54) is 0 Å². The average Bonchev–Trinajstić information content (AvgIpc) is 3.41. The molecule has 0 aliphatic carbocycles. The number of piperidine rings is 1. The van der Waals surface area contributed by atoms with Gasteiger partial charge in [-0.2, -0.15) is 0 Å².